The van der Waals surface area contributed by atoms with Gasteiger partial charge < -0.3 is 14.9 Å². The van der Waals surface area contributed by atoms with Crippen LogP contribution in [0.1, 0.15) is 100 Å². The van der Waals surface area contributed by atoms with Gasteiger partial charge in [0.25, 0.3) is 0 Å². The fourth-order valence-electron chi connectivity index (χ4n) is 9.48. The van der Waals surface area contributed by atoms with Crippen molar-refractivity contribution >= 4 is 0 Å². The van der Waals surface area contributed by atoms with E-state index in [9.17, 15) is 10.2 Å². The highest BCUT2D eigenvalue weighted by atomic mass is 16.5. The van der Waals surface area contributed by atoms with E-state index < -0.39 is 5.60 Å². The van der Waals surface area contributed by atoms with E-state index in [0.29, 0.717) is 17.8 Å². The molecule has 0 aromatic carbocycles. The first-order valence-electron chi connectivity index (χ1n) is 13.6. The molecule has 3 nitrogen and oxygen atoms in total. The number of hydrogen-bond donors (Lipinski definition) is 2. The van der Waals surface area contributed by atoms with Gasteiger partial charge in [0.15, 0.2) is 0 Å². The van der Waals surface area contributed by atoms with Crippen LogP contribution in [0.2, 0.25) is 0 Å². The van der Waals surface area contributed by atoms with Gasteiger partial charge in [0.2, 0.25) is 0 Å². The Bertz CT molecular complexity index is 883. The predicted molar refractivity (Wildman–Crippen MR) is 134 cm³/mol. The van der Waals surface area contributed by atoms with Gasteiger partial charge in [-0.2, -0.15) is 0 Å². The van der Waals surface area contributed by atoms with Gasteiger partial charge in [-0.1, -0.05) is 53.7 Å². The van der Waals surface area contributed by atoms with Gasteiger partial charge in [-0.25, -0.2) is 0 Å². The van der Waals surface area contributed by atoms with Gasteiger partial charge in [-0.15, -0.1) is 0 Å². The van der Waals surface area contributed by atoms with Crippen LogP contribution in [0.25, 0.3) is 0 Å². The van der Waals surface area contributed by atoms with E-state index in [1.54, 1.807) is 11.1 Å². The summed E-state index contributed by atoms with van der Waals surface area (Å²) in [6.45, 7) is 18.6. The van der Waals surface area contributed by atoms with E-state index in [4.69, 9.17) is 4.74 Å². The van der Waals surface area contributed by atoms with Crippen LogP contribution in [-0.2, 0) is 4.74 Å². The Hall–Kier alpha value is -0.640. The second-order valence-corrected chi connectivity index (χ2v) is 14.3. The Balaban J connectivity index is 1.48. The molecule has 0 amide bonds. The zero-order chi connectivity index (χ0) is 24.2. The average Bonchev–Trinajstić information content (AvgIpc) is 3.17. The summed E-state index contributed by atoms with van der Waals surface area (Å²) in [5, 5.41) is 21.4. The number of rotatable bonds is 2. The van der Waals surface area contributed by atoms with Crippen molar-refractivity contribution in [3.05, 3.63) is 23.3 Å². The Morgan fingerprint density at radius 2 is 1.61 bits per heavy atom. The van der Waals surface area contributed by atoms with E-state index in [2.05, 4.69) is 53.7 Å². The highest BCUT2D eigenvalue weighted by molar-refractivity contribution is 5.49. The molecule has 0 aromatic heterocycles. The normalized spacial score (nSPS) is 51.2. The quantitative estimate of drug-likeness (QED) is 0.503. The third-order valence-corrected chi connectivity index (χ3v) is 12.2. The molecule has 3 fully saturated rings. The summed E-state index contributed by atoms with van der Waals surface area (Å²) < 4.78 is 6.42. The van der Waals surface area contributed by atoms with Crippen molar-refractivity contribution in [1.29, 1.82) is 0 Å². The fourth-order valence-corrected chi connectivity index (χ4v) is 9.48. The molecule has 33 heavy (non-hydrogen) atoms. The minimum Gasteiger partial charge on any atom is -0.393 e. The number of fused-ring (bicyclic) bond motifs is 5. The van der Waals surface area contributed by atoms with Crippen molar-refractivity contribution in [1.82, 2.24) is 0 Å². The van der Waals surface area contributed by atoms with Crippen molar-refractivity contribution in [2.75, 3.05) is 0 Å². The number of hydrogen-bond acceptors (Lipinski definition) is 3. The molecule has 0 radical (unpaired) electrons. The highest BCUT2D eigenvalue weighted by Gasteiger charge is 2.64. The SMILES string of the molecule is CC(C1CC(O)C(C)(C)O1)C1CCC2(C)C3=CCC4C(C)(CCC(O)C4(C)C)C3=CCC12C. The average molecular weight is 457 g/mol. The summed E-state index contributed by atoms with van der Waals surface area (Å²) in [7, 11) is 0. The van der Waals surface area contributed by atoms with Crippen molar-refractivity contribution in [2.45, 2.75) is 124 Å². The molecule has 1 saturated heterocycles. The molecular weight excluding hydrogens is 408 g/mol. The largest absolute Gasteiger partial charge is 0.393 e. The highest BCUT2D eigenvalue weighted by Crippen LogP contribution is 2.72. The van der Waals surface area contributed by atoms with Gasteiger partial charge in [0, 0.05) is 6.42 Å². The minimum absolute atomic E-state index is 0.0439. The second kappa shape index (κ2) is 7.20. The summed E-state index contributed by atoms with van der Waals surface area (Å²) in [4.78, 5) is 0. The van der Waals surface area contributed by atoms with Crippen LogP contribution in [0.4, 0.5) is 0 Å². The molecule has 0 aromatic rings. The third kappa shape index (κ3) is 3.04. The molecule has 9 unspecified atom stereocenters. The van der Waals surface area contributed by atoms with E-state index in [0.717, 1.165) is 32.1 Å². The first-order chi connectivity index (χ1) is 15.2. The maximum atomic E-state index is 10.8. The van der Waals surface area contributed by atoms with Crippen LogP contribution in [0.5, 0.6) is 0 Å². The lowest BCUT2D eigenvalue weighted by Crippen LogP contribution is -2.54. The Morgan fingerprint density at radius 3 is 2.24 bits per heavy atom. The van der Waals surface area contributed by atoms with E-state index in [1.165, 1.54) is 12.8 Å². The number of allylic oxidation sites excluding steroid dienone is 4. The predicted octanol–water partition coefficient (Wildman–Crippen LogP) is 6.44. The number of aliphatic hydroxyl groups is 2. The maximum Gasteiger partial charge on any atom is 0.0889 e. The van der Waals surface area contributed by atoms with Crippen molar-refractivity contribution in [3.8, 4) is 0 Å². The molecule has 9 atom stereocenters. The monoisotopic (exact) mass is 456 g/mol. The first-order valence-corrected chi connectivity index (χ1v) is 13.6. The first kappa shape index (κ1) is 24.1. The van der Waals surface area contributed by atoms with Gasteiger partial charge in [-0.05, 0) is 103 Å². The Labute approximate surface area is 202 Å². The summed E-state index contributed by atoms with van der Waals surface area (Å²) in [5.74, 6) is 1.55. The van der Waals surface area contributed by atoms with Crippen LogP contribution in [0.15, 0.2) is 23.3 Å². The standard InChI is InChI=1S/C30H48O3/c1-18(22-17-25(32)27(4,5)33-22)19-11-15-30(8)21-9-10-23-26(2,3)24(31)13-14-28(23,6)20(21)12-16-29(19,30)7/h9,12,18-19,22-25,31-32H,10-11,13-17H2,1-8H3. The summed E-state index contributed by atoms with van der Waals surface area (Å²) in [5.41, 5.74) is 3.34. The zero-order valence-electron chi connectivity index (χ0n) is 22.4. The molecule has 0 spiro atoms. The lowest BCUT2D eigenvalue weighted by atomic mass is 9.44. The van der Waals surface area contributed by atoms with Gasteiger partial charge in [0.05, 0.1) is 23.9 Å². The molecule has 5 aliphatic rings. The molecule has 1 heterocycles. The molecule has 1 aliphatic heterocycles. The zero-order valence-corrected chi connectivity index (χ0v) is 22.4. The van der Waals surface area contributed by atoms with E-state index in [-0.39, 0.29) is 40.0 Å². The van der Waals surface area contributed by atoms with Crippen LogP contribution >= 0.6 is 0 Å². The molecule has 4 aliphatic carbocycles. The molecule has 5 rings (SSSR count). The topological polar surface area (TPSA) is 49.7 Å². The Morgan fingerprint density at radius 1 is 0.909 bits per heavy atom. The molecule has 2 saturated carbocycles. The van der Waals surface area contributed by atoms with Crippen LogP contribution in [0, 0.1) is 39.4 Å². The van der Waals surface area contributed by atoms with Crippen molar-refractivity contribution in [3.63, 3.8) is 0 Å². The third-order valence-electron chi connectivity index (χ3n) is 12.2. The molecule has 3 heteroatoms. The number of aliphatic hydroxyl groups excluding tert-OH is 2. The van der Waals surface area contributed by atoms with E-state index in [1.807, 2.05) is 13.8 Å². The lowest BCUT2D eigenvalue weighted by Gasteiger charge is -2.61. The molecular formula is C30H48O3. The fraction of sp³-hybridized carbons (Fsp3) is 0.867. The van der Waals surface area contributed by atoms with E-state index >= 15 is 0 Å². The van der Waals surface area contributed by atoms with Crippen LogP contribution in [0.3, 0.4) is 0 Å². The summed E-state index contributed by atoms with van der Waals surface area (Å²) in [6, 6.07) is 0. The van der Waals surface area contributed by atoms with Gasteiger partial charge >= 0.3 is 0 Å². The number of ether oxygens (including phenoxy) is 1. The molecule has 186 valence electrons. The lowest BCUT2D eigenvalue weighted by molar-refractivity contribution is -0.0912. The van der Waals surface area contributed by atoms with Gasteiger partial charge in [-0.3, -0.25) is 0 Å². The van der Waals surface area contributed by atoms with Crippen LogP contribution < -0.4 is 0 Å². The van der Waals surface area contributed by atoms with Gasteiger partial charge in [0.1, 0.15) is 0 Å². The summed E-state index contributed by atoms with van der Waals surface area (Å²) in [6.07, 6.45) is 12.3. The molecule has 0 bridgehead atoms. The second-order valence-electron chi connectivity index (χ2n) is 14.3. The summed E-state index contributed by atoms with van der Waals surface area (Å²) >= 11 is 0. The Kier molecular flexibility index (Phi) is 5.25. The maximum absolute atomic E-state index is 10.8. The molecule has 2 N–H and O–H groups in total. The minimum atomic E-state index is -0.435. The van der Waals surface area contributed by atoms with Crippen molar-refractivity contribution in [2.24, 2.45) is 39.4 Å². The smallest absolute Gasteiger partial charge is 0.0889 e. The van der Waals surface area contributed by atoms with Crippen LogP contribution in [-0.4, -0.2) is 34.1 Å². The van der Waals surface area contributed by atoms with Crippen molar-refractivity contribution < 1.29 is 14.9 Å².